The number of anilines is 1. The first-order valence-electron chi connectivity index (χ1n) is 9.95. The van der Waals surface area contributed by atoms with E-state index >= 15 is 0 Å². The van der Waals surface area contributed by atoms with Crippen molar-refractivity contribution in [1.29, 1.82) is 0 Å². The lowest BCUT2D eigenvalue weighted by Crippen LogP contribution is -2.47. The molecule has 0 unspecified atom stereocenters. The average Bonchev–Trinajstić information content (AvgIpc) is 2.66. The lowest BCUT2D eigenvalue weighted by molar-refractivity contribution is 0.255. The molecule has 7 nitrogen and oxygen atoms in total. The fourth-order valence-electron chi connectivity index (χ4n) is 2.93. The number of hydrogen-bond donors (Lipinski definition) is 2. The molecule has 26 heavy (non-hydrogen) atoms. The zero-order chi connectivity index (χ0) is 18.6. The van der Waals surface area contributed by atoms with Crippen molar-refractivity contribution in [2.24, 2.45) is 10.9 Å². The molecule has 0 aromatic carbocycles. The zero-order valence-electron chi connectivity index (χ0n) is 16.6. The maximum Gasteiger partial charge on any atom is 0.225 e. The lowest BCUT2D eigenvalue weighted by atomic mass is 10.1. The van der Waals surface area contributed by atoms with Crippen LogP contribution in [0.25, 0.3) is 0 Å². The Labute approximate surface area is 158 Å². The number of aromatic nitrogens is 2. The largest absolute Gasteiger partial charge is 0.357 e. The number of piperazine rings is 1. The highest BCUT2D eigenvalue weighted by molar-refractivity contribution is 5.79. The molecule has 1 aliphatic heterocycles. The highest BCUT2D eigenvalue weighted by Gasteiger charge is 2.18. The third-order valence-electron chi connectivity index (χ3n) is 4.47. The van der Waals surface area contributed by atoms with Crippen molar-refractivity contribution < 1.29 is 0 Å². The van der Waals surface area contributed by atoms with Gasteiger partial charge in [0.15, 0.2) is 5.96 Å². The molecule has 1 aliphatic rings. The molecule has 146 valence electrons. The minimum atomic E-state index is 0.713. The molecule has 0 amide bonds. The molecule has 7 heteroatoms. The van der Waals surface area contributed by atoms with E-state index in [9.17, 15) is 0 Å². The number of rotatable bonds is 9. The Hall–Kier alpha value is -1.89. The minimum absolute atomic E-state index is 0.713. The van der Waals surface area contributed by atoms with Crippen molar-refractivity contribution in [1.82, 2.24) is 25.5 Å². The number of guanidine groups is 1. The van der Waals surface area contributed by atoms with Crippen molar-refractivity contribution in [2.75, 3.05) is 57.3 Å². The summed E-state index contributed by atoms with van der Waals surface area (Å²) in [7, 11) is 0. The van der Waals surface area contributed by atoms with Crippen LogP contribution in [-0.2, 0) is 0 Å². The van der Waals surface area contributed by atoms with Crippen molar-refractivity contribution in [3.8, 4) is 0 Å². The molecular formula is C19H35N7. The van der Waals surface area contributed by atoms with E-state index in [1.165, 1.54) is 6.42 Å². The van der Waals surface area contributed by atoms with Crippen LogP contribution in [0.4, 0.5) is 5.95 Å². The fraction of sp³-hybridized carbons (Fsp3) is 0.737. The monoisotopic (exact) mass is 361 g/mol. The Morgan fingerprint density at radius 2 is 1.88 bits per heavy atom. The van der Waals surface area contributed by atoms with Crippen molar-refractivity contribution >= 4 is 11.9 Å². The van der Waals surface area contributed by atoms with Gasteiger partial charge in [0.25, 0.3) is 0 Å². The SMILES string of the molecule is CCNC(=NCCCN1CCN(c2ncccn2)CC1)NCCC(C)C. The van der Waals surface area contributed by atoms with Crippen LogP contribution in [0, 0.1) is 5.92 Å². The summed E-state index contributed by atoms with van der Waals surface area (Å²) in [6, 6.07) is 1.86. The summed E-state index contributed by atoms with van der Waals surface area (Å²) in [4.78, 5) is 18.1. The van der Waals surface area contributed by atoms with Crippen LogP contribution >= 0.6 is 0 Å². The first kappa shape index (κ1) is 20.4. The Bertz CT molecular complexity index is 510. The summed E-state index contributed by atoms with van der Waals surface area (Å²) in [5.74, 6) is 2.50. The predicted octanol–water partition coefficient (Wildman–Crippen LogP) is 1.59. The molecule has 0 saturated carbocycles. The molecule has 0 bridgehead atoms. The second kappa shape index (κ2) is 11.7. The Balaban J connectivity index is 1.64. The van der Waals surface area contributed by atoms with Gasteiger partial charge in [-0.3, -0.25) is 9.89 Å². The Morgan fingerprint density at radius 3 is 2.54 bits per heavy atom. The second-order valence-corrected chi connectivity index (χ2v) is 7.10. The summed E-state index contributed by atoms with van der Waals surface area (Å²) in [6.45, 7) is 14.5. The Morgan fingerprint density at radius 1 is 1.15 bits per heavy atom. The first-order valence-corrected chi connectivity index (χ1v) is 9.95. The number of hydrogen-bond acceptors (Lipinski definition) is 5. The molecule has 1 aromatic heterocycles. The van der Waals surface area contributed by atoms with Crippen LogP contribution in [0.1, 0.15) is 33.6 Å². The van der Waals surface area contributed by atoms with Crippen LogP contribution in [0.2, 0.25) is 0 Å². The van der Waals surface area contributed by atoms with Gasteiger partial charge >= 0.3 is 0 Å². The normalized spacial score (nSPS) is 16.2. The molecule has 2 rings (SSSR count). The number of aliphatic imine (C=N–C) groups is 1. The van der Waals surface area contributed by atoms with Gasteiger partial charge in [0.05, 0.1) is 0 Å². The molecule has 2 N–H and O–H groups in total. The van der Waals surface area contributed by atoms with E-state index in [0.29, 0.717) is 5.92 Å². The van der Waals surface area contributed by atoms with Gasteiger partial charge in [-0.1, -0.05) is 13.8 Å². The van der Waals surface area contributed by atoms with E-state index in [4.69, 9.17) is 4.99 Å². The highest BCUT2D eigenvalue weighted by Crippen LogP contribution is 2.09. The van der Waals surface area contributed by atoms with Gasteiger partial charge in [-0.2, -0.15) is 0 Å². The molecule has 0 atom stereocenters. The zero-order valence-corrected chi connectivity index (χ0v) is 16.6. The molecule has 1 aromatic rings. The van der Waals surface area contributed by atoms with Crippen molar-refractivity contribution in [2.45, 2.75) is 33.6 Å². The average molecular weight is 362 g/mol. The summed E-state index contributed by atoms with van der Waals surface area (Å²) < 4.78 is 0. The van der Waals surface area contributed by atoms with Crippen LogP contribution in [0.15, 0.2) is 23.5 Å². The smallest absolute Gasteiger partial charge is 0.225 e. The fourth-order valence-corrected chi connectivity index (χ4v) is 2.93. The van der Waals surface area contributed by atoms with Gasteiger partial charge in [0.2, 0.25) is 5.95 Å². The first-order chi connectivity index (χ1) is 12.7. The maximum atomic E-state index is 4.69. The molecule has 1 saturated heterocycles. The summed E-state index contributed by atoms with van der Waals surface area (Å²) in [6.07, 6.45) is 5.87. The molecule has 0 aliphatic carbocycles. The lowest BCUT2D eigenvalue weighted by Gasteiger charge is -2.34. The quantitative estimate of drug-likeness (QED) is 0.395. The van der Waals surface area contributed by atoms with E-state index in [2.05, 4.69) is 51.2 Å². The molecule has 0 radical (unpaired) electrons. The van der Waals surface area contributed by atoms with Crippen LogP contribution in [0.3, 0.4) is 0 Å². The number of nitrogens with zero attached hydrogens (tertiary/aromatic N) is 5. The third-order valence-corrected chi connectivity index (χ3v) is 4.47. The Kier molecular flexibility index (Phi) is 9.17. The van der Waals surface area contributed by atoms with Gasteiger partial charge in [0.1, 0.15) is 0 Å². The van der Waals surface area contributed by atoms with Gasteiger partial charge in [-0.05, 0) is 31.7 Å². The number of nitrogens with one attached hydrogen (secondary N) is 2. The van der Waals surface area contributed by atoms with Gasteiger partial charge in [-0.25, -0.2) is 9.97 Å². The highest BCUT2D eigenvalue weighted by atomic mass is 15.3. The second-order valence-electron chi connectivity index (χ2n) is 7.10. The van der Waals surface area contributed by atoms with Gasteiger partial charge < -0.3 is 15.5 Å². The predicted molar refractivity (Wildman–Crippen MR) is 109 cm³/mol. The summed E-state index contributed by atoms with van der Waals surface area (Å²) in [5, 5.41) is 6.74. The van der Waals surface area contributed by atoms with Crippen LogP contribution < -0.4 is 15.5 Å². The summed E-state index contributed by atoms with van der Waals surface area (Å²) in [5.41, 5.74) is 0. The standard InChI is InChI=1S/C19H35N7/c1-4-20-18(22-11-7-17(2)3)21-10-6-12-25-13-15-26(16-14-25)19-23-8-5-9-24-19/h5,8-9,17H,4,6-7,10-16H2,1-3H3,(H2,20,21,22). The topological polar surface area (TPSA) is 68.7 Å². The van der Waals surface area contributed by atoms with E-state index < -0.39 is 0 Å². The van der Waals surface area contributed by atoms with E-state index in [-0.39, 0.29) is 0 Å². The molecule has 2 heterocycles. The maximum absolute atomic E-state index is 4.69. The van der Waals surface area contributed by atoms with E-state index in [1.54, 1.807) is 0 Å². The van der Waals surface area contributed by atoms with Gasteiger partial charge in [-0.15, -0.1) is 0 Å². The molecular weight excluding hydrogens is 326 g/mol. The van der Waals surface area contributed by atoms with Gasteiger partial charge in [0, 0.05) is 64.8 Å². The molecule has 1 fully saturated rings. The van der Waals surface area contributed by atoms with E-state index in [1.807, 2.05) is 18.5 Å². The van der Waals surface area contributed by atoms with E-state index in [0.717, 1.165) is 70.7 Å². The van der Waals surface area contributed by atoms with Crippen LogP contribution in [-0.4, -0.2) is 73.2 Å². The third kappa shape index (κ3) is 7.56. The van der Waals surface area contributed by atoms with Crippen LogP contribution in [0.5, 0.6) is 0 Å². The minimum Gasteiger partial charge on any atom is -0.357 e. The van der Waals surface area contributed by atoms with Crippen molar-refractivity contribution in [3.05, 3.63) is 18.5 Å². The summed E-state index contributed by atoms with van der Waals surface area (Å²) >= 11 is 0. The molecule has 0 spiro atoms. The van der Waals surface area contributed by atoms with Crippen molar-refractivity contribution in [3.63, 3.8) is 0 Å².